The van der Waals surface area contributed by atoms with Crippen LogP contribution in [0.3, 0.4) is 0 Å². The molecule has 1 unspecified atom stereocenters. The fourth-order valence-corrected chi connectivity index (χ4v) is 2.76. The molecule has 2 saturated carbocycles. The van der Waals surface area contributed by atoms with E-state index in [1.807, 2.05) is 0 Å². The molecule has 0 N–H and O–H groups in total. The molecule has 0 aromatic rings. The highest BCUT2D eigenvalue weighted by Crippen LogP contribution is 2.30. The number of hydrogen-bond donors (Lipinski definition) is 0. The van der Waals surface area contributed by atoms with Crippen LogP contribution in [0.15, 0.2) is 0 Å². The van der Waals surface area contributed by atoms with Crippen LogP contribution in [0.5, 0.6) is 0 Å². The van der Waals surface area contributed by atoms with Crippen molar-refractivity contribution in [2.45, 2.75) is 64.3 Å². The lowest BCUT2D eigenvalue weighted by molar-refractivity contribution is -0.125. The third-order valence-corrected chi connectivity index (χ3v) is 4.00. The fourth-order valence-electron chi connectivity index (χ4n) is 2.76. The van der Waals surface area contributed by atoms with Crippen LogP contribution in [0.2, 0.25) is 0 Å². The van der Waals surface area contributed by atoms with Crippen molar-refractivity contribution in [3.63, 3.8) is 0 Å². The Balaban J connectivity index is 1.81. The third-order valence-electron chi connectivity index (χ3n) is 4.00. The van der Waals surface area contributed by atoms with E-state index in [4.69, 9.17) is 0 Å². The monoisotopic (exact) mass is 223 g/mol. The van der Waals surface area contributed by atoms with Gasteiger partial charge in [0.05, 0.1) is 0 Å². The van der Waals surface area contributed by atoms with E-state index < -0.39 is 0 Å². The first-order valence-electron chi connectivity index (χ1n) is 7.08. The summed E-state index contributed by atoms with van der Waals surface area (Å²) in [6.07, 6.45) is 9.68. The van der Waals surface area contributed by atoms with Crippen molar-refractivity contribution in [3.05, 3.63) is 0 Å². The molecule has 0 heterocycles. The molecule has 0 aromatic carbocycles. The number of carbonyl (C=O) groups is 1. The summed E-state index contributed by atoms with van der Waals surface area (Å²) in [5.74, 6) is 0.902. The van der Waals surface area contributed by atoms with Crippen molar-refractivity contribution in [2.75, 3.05) is 13.1 Å². The Hall–Kier alpha value is -0.370. The summed E-state index contributed by atoms with van der Waals surface area (Å²) < 4.78 is 0. The highest BCUT2D eigenvalue weighted by molar-refractivity contribution is 5.81. The number of Topliss-reactive ketones (excluding diaryl/α,β-unsaturated/α-hetero) is 1. The van der Waals surface area contributed by atoms with Gasteiger partial charge in [0.15, 0.2) is 0 Å². The summed E-state index contributed by atoms with van der Waals surface area (Å²) in [5, 5.41) is 0. The van der Waals surface area contributed by atoms with Gasteiger partial charge in [-0.3, -0.25) is 9.69 Å². The maximum Gasteiger partial charge on any atom is 0.137 e. The predicted octanol–water partition coefficient (Wildman–Crippen LogP) is 3.01. The molecule has 0 bridgehead atoms. The smallest absolute Gasteiger partial charge is 0.137 e. The van der Waals surface area contributed by atoms with E-state index in [0.717, 1.165) is 31.8 Å². The molecule has 2 heteroatoms. The molecule has 0 spiro atoms. The van der Waals surface area contributed by atoms with Gasteiger partial charge in [-0.05, 0) is 38.6 Å². The third kappa shape index (κ3) is 3.31. The number of rotatable bonds is 6. The normalized spacial score (nSPS) is 26.4. The summed E-state index contributed by atoms with van der Waals surface area (Å²) in [5.41, 5.74) is 0. The minimum atomic E-state index is 0.367. The van der Waals surface area contributed by atoms with Crippen molar-refractivity contribution in [1.29, 1.82) is 0 Å². The lowest BCUT2D eigenvalue weighted by Crippen LogP contribution is -2.36. The SMILES string of the molecule is CCCCN(CC1CCCCC1=O)C1CC1. The standard InChI is InChI=1S/C14H25NO/c1-2-3-10-15(13-8-9-13)11-12-6-4-5-7-14(12)16/h12-13H,2-11H2,1H3. The molecule has 0 saturated heterocycles. The zero-order valence-electron chi connectivity index (χ0n) is 10.6. The second-order valence-corrected chi connectivity index (χ2v) is 5.49. The first-order chi connectivity index (χ1) is 7.81. The van der Waals surface area contributed by atoms with E-state index in [1.165, 1.54) is 38.6 Å². The van der Waals surface area contributed by atoms with Gasteiger partial charge in [-0.2, -0.15) is 0 Å². The number of hydrogen-bond acceptors (Lipinski definition) is 2. The molecule has 2 nitrogen and oxygen atoms in total. The van der Waals surface area contributed by atoms with Crippen LogP contribution in [0.4, 0.5) is 0 Å². The van der Waals surface area contributed by atoms with Gasteiger partial charge in [0.25, 0.3) is 0 Å². The highest BCUT2D eigenvalue weighted by Gasteiger charge is 2.32. The van der Waals surface area contributed by atoms with Gasteiger partial charge in [-0.1, -0.05) is 19.8 Å². The minimum Gasteiger partial charge on any atom is -0.300 e. The van der Waals surface area contributed by atoms with Gasteiger partial charge in [0.1, 0.15) is 5.78 Å². The predicted molar refractivity (Wildman–Crippen MR) is 66.5 cm³/mol. The van der Waals surface area contributed by atoms with Crippen LogP contribution >= 0.6 is 0 Å². The van der Waals surface area contributed by atoms with E-state index in [-0.39, 0.29) is 0 Å². The van der Waals surface area contributed by atoms with Crippen LogP contribution < -0.4 is 0 Å². The molecule has 0 aliphatic heterocycles. The molecule has 0 radical (unpaired) electrons. The van der Waals surface area contributed by atoms with E-state index in [9.17, 15) is 4.79 Å². The average Bonchev–Trinajstić information content (AvgIpc) is 3.10. The molecule has 92 valence electrons. The van der Waals surface area contributed by atoms with Crippen LogP contribution in [0.1, 0.15) is 58.3 Å². The van der Waals surface area contributed by atoms with E-state index in [1.54, 1.807) is 0 Å². The lowest BCUT2D eigenvalue weighted by Gasteiger charge is -2.28. The Morgan fingerprint density at radius 2 is 2.06 bits per heavy atom. The average molecular weight is 223 g/mol. The summed E-state index contributed by atoms with van der Waals surface area (Å²) in [4.78, 5) is 14.4. The Kier molecular flexibility index (Phi) is 4.39. The van der Waals surface area contributed by atoms with E-state index in [0.29, 0.717) is 11.7 Å². The van der Waals surface area contributed by atoms with Gasteiger partial charge in [-0.25, -0.2) is 0 Å². The number of ketones is 1. The molecule has 16 heavy (non-hydrogen) atoms. The Morgan fingerprint density at radius 1 is 1.25 bits per heavy atom. The molecule has 1 atom stereocenters. The summed E-state index contributed by atoms with van der Waals surface area (Å²) in [6, 6.07) is 0.821. The zero-order chi connectivity index (χ0) is 11.4. The van der Waals surface area contributed by atoms with Crippen LogP contribution in [0.25, 0.3) is 0 Å². The zero-order valence-corrected chi connectivity index (χ0v) is 10.6. The molecule has 2 aliphatic carbocycles. The Bertz CT molecular complexity index is 235. The summed E-state index contributed by atoms with van der Waals surface area (Å²) in [7, 11) is 0. The number of carbonyl (C=O) groups excluding carboxylic acids is 1. The van der Waals surface area contributed by atoms with Gasteiger partial charge >= 0.3 is 0 Å². The first-order valence-corrected chi connectivity index (χ1v) is 7.08. The molecular weight excluding hydrogens is 198 g/mol. The lowest BCUT2D eigenvalue weighted by atomic mass is 9.87. The van der Waals surface area contributed by atoms with Crippen molar-refractivity contribution in [3.8, 4) is 0 Å². The topological polar surface area (TPSA) is 20.3 Å². The highest BCUT2D eigenvalue weighted by atomic mass is 16.1. The molecule has 0 amide bonds. The minimum absolute atomic E-state index is 0.367. The summed E-state index contributed by atoms with van der Waals surface area (Å²) in [6.45, 7) is 4.52. The van der Waals surface area contributed by atoms with Gasteiger partial charge in [0.2, 0.25) is 0 Å². The summed E-state index contributed by atoms with van der Waals surface area (Å²) >= 11 is 0. The largest absolute Gasteiger partial charge is 0.300 e. The Morgan fingerprint density at radius 3 is 2.69 bits per heavy atom. The van der Waals surface area contributed by atoms with E-state index in [2.05, 4.69) is 11.8 Å². The van der Waals surface area contributed by atoms with Crippen LogP contribution in [-0.2, 0) is 4.79 Å². The van der Waals surface area contributed by atoms with Crippen molar-refractivity contribution in [2.24, 2.45) is 5.92 Å². The van der Waals surface area contributed by atoms with Gasteiger partial charge in [0, 0.05) is 24.9 Å². The maximum atomic E-state index is 11.8. The van der Waals surface area contributed by atoms with Crippen molar-refractivity contribution < 1.29 is 4.79 Å². The quantitative estimate of drug-likeness (QED) is 0.690. The molecule has 2 fully saturated rings. The van der Waals surface area contributed by atoms with Crippen molar-refractivity contribution >= 4 is 5.78 Å². The number of unbranched alkanes of at least 4 members (excludes halogenated alkanes) is 1. The molecule has 0 aromatic heterocycles. The van der Waals surface area contributed by atoms with Crippen LogP contribution in [0, 0.1) is 5.92 Å². The van der Waals surface area contributed by atoms with E-state index >= 15 is 0 Å². The van der Waals surface area contributed by atoms with Crippen LogP contribution in [-0.4, -0.2) is 29.8 Å². The van der Waals surface area contributed by atoms with Gasteiger partial charge < -0.3 is 0 Å². The van der Waals surface area contributed by atoms with Crippen molar-refractivity contribution in [1.82, 2.24) is 4.90 Å². The fraction of sp³-hybridized carbons (Fsp3) is 0.929. The molecule has 2 aliphatic rings. The maximum absolute atomic E-state index is 11.8. The molecule has 2 rings (SSSR count). The first kappa shape index (κ1) is 12.1. The Labute approximate surface area is 99.4 Å². The second kappa shape index (κ2) is 5.81. The number of nitrogens with zero attached hydrogens (tertiary/aromatic N) is 1. The van der Waals surface area contributed by atoms with Gasteiger partial charge in [-0.15, -0.1) is 0 Å². The second-order valence-electron chi connectivity index (χ2n) is 5.49. The molecular formula is C14H25NO.